The van der Waals surface area contributed by atoms with E-state index in [1.54, 1.807) is 13.3 Å². The zero-order valence-corrected chi connectivity index (χ0v) is 10.0. The maximum absolute atomic E-state index is 10.2. The van der Waals surface area contributed by atoms with Crippen LogP contribution in [-0.2, 0) is 17.6 Å². The fourth-order valence-corrected chi connectivity index (χ4v) is 2.37. The van der Waals surface area contributed by atoms with Crippen molar-refractivity contribution in [3.05, 3.63) is 35.0 Å². The van der Waals surface area contributed by atoms with Crippen LogP contribution in [0.5, 0.6) is 5.75 Å². The van der Waals surface area contributed by atoms with Crippen molar-refractivity contribution in [1.82, 2.24) is 5.32 Å². The van der Waals surface area contributed by atoms with Crippen molar-refractivity contribution in [1.29, 1.82) is 0 Å². The molecule has 1 aromatic carbocycles. The lowest BCUT2D eigenvalue weighted by Gasteiger charge is -2.20. The summed E-state index contributed by atoms with van der Waals surface area (Å²) < 4.78 is 5.37. The molecule has 1 aliphatic rings. The van der Waals surface area contributed by atoms with Gasteiger partial charge < -0.3 is 10.1 Å². The molecule has 0 bridgehead atoms. The number of amides is 1. The van der Waals surface area contributed by atoms with Crippen LogP contribution < -0.4 is 10.1 Å². The zero-order chi connectivity index (χ0) is 12.1. The molecule has 0 aromatic heterocycles. The summed E-state index contributed by atoms with van der Waals surface area (Å²) >= 11 is 0. The molecule has 0 unspecified atom stereocenters. The smallest absolute Gasteiger partial charge is 0.211 e. The number of benzene rings is 1. The molecular formula is C14H17NO2. The molecule has 0 spiro atoms. The van der Waals surface area contributed by atoms with Crippen LogP contribution in [0, 0.1) is 0 Å². The number of fused-ring (bicyclic) bond motifs is 1. The van der Waals surface area contributed by atoms with Crippen molar-refractivity contribution in [2.45, 2.75) is 25.7 Å². The molecular weight excluding hydrogens is 214 g/mol. The van der Waals surface area contributed by atoms with Gasteiger partial charge in [-0.15, -0.1) is 0 Å². The second-order valence-corrected chi connectivity index (χ2v) is 4.14. The first-order valence-corrected chi connectivity index (χ1v) is 5.92. The van der Waals surface area contributed by atoms with Gasteiger partial charge in [0.2, 0.25) is 6.41 Å². The molecule has 3 heteroatoms. The van der Waals surface area contributed by atoms with E-state index in [0.29, 0.717) is 6.41 Å². The SMILES string of the molecule is COc1ccc2c(c1/C=C/NC=O)CCCC2. The number of carbonyl (C=O) groups is 1. The second kappa shape index (κ2) is 5.53. The minimum Gasteiger partial charge on any atom is -0.496 e. The monoisotopic (exact) mass is 231 g/mol. The number of hydrogen-bond acceptors (Lipinski definition) is 2. The summed E-state index contributed by atoms with van der Waals surface area (Å²) in [5.41, 5.74) is 3.86. The van der Waals surface area contributed by atoms with Crippen molar-refractivity contribution in [3.8, 4) is 5.75 Å². The van der Waals surface area contributed by atoms with Gasteiger partial charge in [0, 0.05) is 11.8 Å². The van der Waals surface area contributed by atoms with E-state index in [2.05, 4.69) is 11.4 Å². The predicted molar refractivity (Wildman–Crippen MR) is 67.9 cm³/mol. The van der Waals surface area contributed by atoms with Gasteiger partial charge in [-0.3, -0.25) is 4.79 Å². The minimum atomic E-state index is 0.665. The van der Waals surface area contributed by atoms with Gasteiger partial charge in [-0.2, -0.15) is 0 Å². The average molecular weight is 231 g/mol. The molecule has 1 amide bonds. The van der Waals surface area contributed by atoms with Crippen LogP contribution in [0.4, 0.5) is 0 Å². The number of carbonyl (C=O) groups excluding carboxylic acids is 1. The van der Waals surface area contributed by atoms with E-state index in [0.717, 1.165) is 24.2 Å². The fraction of sp³-hybridized carbons (Fsp3) is 0.357. The van der Waals surface area contributed by atoms with E-state index in [4.69, 9.17) is 4.74 Å². The third kappa shape index (κ3) is 2.49. The van der Waals surface area contributed by atoms with Crippen molar-refractivity contribution in [3.63, 3.8) is 0 Å². The van der Waals surface area contributed by atoms with Gasteiger partial charge in [-0.25, -0.2) is 0 Å². The summed E-state index contributed by atoms with van der Waals surface area (Å²) in [4.78, 5) is 10.2. The van der Waals surface area contributed by atoms with E-state index < -0.39 is 0 Å². The molecule has 1 aliphatic carbocycles. The number of methoxy groups -OCH3 is 1. The normalized spacial score (nSPS) is 14.4. The van der Waals surface area contributed by atoms with Crippen LogP contribution in [-0.4, -0.2) is 13.5 Å². The summed E-state index contributed by atoms with van der Waals surface area (Å²) in [6.45, 7) is 0. The maximum atomic E-state index is 10.2. The van der Waals surface area contributed by atoms with Crippen molar-refractivity contribution in [2.75, 3.05) is 7.11 Å². The van der Waals surface area contributed by atoms with Gasteiger partial charge in [-0.05, 0) is 49.0 Å². The van der Waals surface area contributed by atoms with Gasteiger partial charge in [0.15, 0.2) is 0 Å². The molecule has 1 aromatic rings. The Morgan fingerprint density at radius 3 is 2.88 bits per heavy atom. The Morgan fingerprint density at radius 1 is 1.29 bits per heavy atom. The highest BCUT2D eigenvalue weighted by atomic mass is 16.5. The van der Waals surface area contributed by atoms with E-state index in [1.807, 2.05) is 12.1 Å². The predicted octanol–water partition coefficient (Wildman–Crippen LogP) is 2.29. The Kier molecular flexibility index (Phi) is 3.81. The minimum absolute atomic E-state index is 0.665. The number of hydrogen-bond donors (Lipinski definition) is 1. The highest BCUT2D eigenvalue weighted by Crippen LogP contribution is 2.31. The van der Waals surface area contributed by atoms with Gasteiger partial charge in [0.05, 0.1) is 7.11 Å². The zero-order valence-electron chi connectivity index (χ0n) is 10.0. The lowest BCUT2D eigenvalue weighted by atomic mass is 9.88. The number of nitrogens with one attached hydrogen (secondary N) is 1. The molecule has 2 rings (SSSR count). The first kappa shape index (κ1) is 11.7. The molecule has 0 atom stereocenters. The van der Waals surface area contributed by atoms with Crippen LogP contribution in [0.2, 0.25) is 0 Å². The molecule has 1 N–H and O–H groups in total. The molecule has 3 nitrogen and oxygen atoms in total. The first-order valence-electron chi connectivity index (χ1n) is 5.92. The molecule has 0 saturated heterocycles. The Hall–Kier alpha value is -1.77. The highest BCUT2D eigenvalue weighted by molar-refractivity contribution is 5.65. The van der Waals surface area contributed by atoms with E-state index >= 15 is 0 Å². The number of aryl methyl sites for hydroxylation is 1. The Labute approximate surface area is 101 Å². The Morgan fingerprint density at radius 2 is 2.12 bits per heavy atom. The number of rotatable bonds is 4. The molecule has 0 saturated carbocycles. The van der Waals surface area contributed by atoms with Crippen LogP contribution in [0.25, 0.3) is 6.08 Å². The van der Waals surface area contributed by atoms with Gasteiger partial charge in [0.25, 0.3) is 0 Å². The van der Waals surface area contributed by atoms with Crippen molar-refractivity contribution >= 4 is 12.5 Å². The summed E-state index contributed by atoms with van der Waals surface area (Å²) in [6, 6.07) is 4.16. The topological polar surface area (TPSA) is 38.3 Å². The Balaban J connectivity index is 2.40. The maximum Gasteiger partial charge on any atom is 0.211 e. The second-order valence-electron chi connectivity index (χ2n) is 4.14. The van der Waals surface area contributed by atoms with Gasteiger partial charge >= 0.3 is 0 Å². The third-order valence-corrected chi connectivity index (χ3v) is 3.17. The summed E-state index contributed by atoms with van der Waals surface area (Å²) in [7, 11) is 1.68. The Bertz CT molecular complexity index is 438. The molecule has 0 aliphatic heterocycles. The molecule has 0 radical (unpaired) electrons. The molecule has 0 heterocycles. The quantitative estimate of drug-likeness (QED) is 0.807. The fourth-order valence-electron chi connectivity index (χ4n) is 2.37. The molecule has 90 valence electrons. The van der Waals surface area contributed by atoms with Crippen LogP contribution >= 0.6 is 0 Å². The van der Waals surface area contributed by atoms with E-state index in [1.165, 1.54) is 24.0 Å². The lowest BCUT2D eigenvalue weighted by Crippen LogP contribution is -2.06. The number of ether oxygens (including phenoxy) is 1. The van der Waals surface area contributed by atoms with Crippen LogP contribution in [0.15, 0.2) is 18.3 Å². The molecule has 17 heavy (non-hydrogen) atoms. The standard InChI is InChI=1S/C14H17NO2/c1-17-14-7-6-11-4-2-3-5-12(11)13(14)8-9-15-10-16/h6-10H,2-5H2,1H3,(H,15,16)/b9-8+. The molecule has 0 fully saturated rings. The summed E-state index contributed by atoms with van der Waals surface area (Å²) in [5, 5.41) is 2.54. The third-order valence-electron chi connectivity index (χ3n) is 3.17. The summed E-state index contributed by atoms with van der Waals surface area (Å²) in [6.07, 6.45) is 8.95. The van der Waals surface area contributed by atoms with Crippen LogP contribution in [0.1, 0.15) is 29.5 Å². The van der Waals surface area contributed by atoms with Crippen molar-refractivity contribution < 1.29 is 9.53 Å². The largest absolute Gasteiger partial charge is 0.496 e. The average Bonchev–Trinajstić information content (AvgIpc) is 2.39. The van der Waals surface area contributed by atoms with Crippen molar-refractivity contribution in [2.24, 2.45) is 0 Å². The first-order chi connectivity index (χ1) is 8.36. The lowest BCUT2D eigenvalue weighted by molar-refractivity contribution is -0.108. The highest BCUT2D eigenvalue weighted by Gasteiger charge is 2.15. The van der Waals surface area contributed by atoms with Gasteiger partial charge in [0.1, 0.15) is 5.75 Å². The van der Waals surface area contributed by atoms with Crippen LogP contribution in [0.3, 0.4) is 0 Å². The van der Waals surface area contributed by atoms with E-state index in [9.17, 15) is 4.79 Å². The van der Waals surface area contributed by atoms with E-state index in [-0.39, 0.29) is 0 Å². The summed E-state index contributed by atoms with van der Waals surface area (Å²) in [5.74, 6) is 0.870. The van der Waals surface area contributed by atoms with Gasteiger partial charge in [-0.1, -0.05) is 6.07 Å².